The van der Waals surface area contributed by atoms with Crippen molar-refractivity contribution in [3.05, 3.63) is 35.4 Å². The zero-order valence-corrected chi connectivity index (χ0v) is 6.64. The van der Waals surface area contributed by atoms with Gasteiger partial charge in [-0.15, -0.1) is 0 Å². The zero-order chi connectivity index (χ0) is 9.68. The highest BCUT2D eigenvalue weighted by molar-refractivity contribution is 5.88. The predicted molar refractivity (Wildman–Crippen MR) is 46.8 cm³/mol. The molecule has 0 unspecified atom stereocenters. The molecule has 0 aromatic heterocycles. The lowest BCUT2D eigenvalue weighted by Gasteiger charge is -1.90. The topological polar surface area (TPSA) is 73.5 Å². The van der Waals surface area contributed by atoms with Crippen LogP contribution in [-0.2, 0) is 0 Å². The van der Waals surface area contributed by atoms with Crippen LogP contribution in [-0.4, -0.2) is 17.4 Å². The Morgan fingerprint density at radius 2 is 2.08 bits per heavy atom. The summed E-state index contributed by atoms with van der Waals surface area (Å²) in [5.74, 6) is 0. The van der Waals surface area contributed by atoms with Gasteiger partial charge < -0.3 is 5.11 Å². The summed E-state index contributed by atoms with van der Waals surface area (Å²) >= 11 is 0. The molecule has 1 rings (SSSR count). The van der Waals surface area contributed by atoms with Crippen LogP contribution in [0.15, 0.2) is 29.3 Å². The number of amides is 1. The Kier molecular flexibility index (Phi) is 2.77. The molecule has 1 aromatic rings. The molecule has 4 nitrogen and oxygen atoms in total. The van der Waals surface area contributed by atoms with Crippen LogP contribution < -0.4 is 0 Å². The van der Waals surface area contributed by atoms with Crippen LogP contribution in [0, 0.1) is 11.3 Å². The fraction of sp³-hybridized carbons (Fsp3) is 0. The third-order valence-corrected chi connectivity index (χ3v) is 1.36. The number of hydrogen-bond acceptors (Lipinski definition) is 2. The second kappa shape index (κ2) is 4.02. The van der Waals surface area contributed by atoms with Gasteiger partial charge in [-0.05, 0) is 17.7 Å². The molecule has 0 spiro atoms. The number of rotatable bonds is 1. The van der Waals surface area contributed by atoms with Gasteiger partial charge in [0.1, 0.15) is 0 Å². The highest BCUT2D eigenvalue weighted by atomic mass is 16.4. The van der Waals surface area contributed by atoms with E-state index in [1.165, 1.54) is 6.21 Å². The third-order valence-electron chi connectivity index (χ3n) is 1.36. The van der Waals surface area contributed by atoms with Gasteiger partial charge in [0.2, 0.25) is 0 Å². The molecule has 64 valence electrons. The Hall–Kier alpha value is -2.15. The quantitative estimate of drug-likeness (QED) is 0.658. The van der Waals surface area contributed by atoms with E-state index in [0.717, 1.165) is 0 Å². The minimum atomic E-state index is -1.23. The van der Waals surface area contributed by atoms with E-state index in [9.17, 15) is 4.79 Å². The summed E-state index contributed by atoms with van der Waals surface area (Å²) in [5, 5.41) is 16.7. The average Bonchev–Trinajstić information content (AvgIpc) is 2.15. The molecule has 13 heavy (non-hydrogen) atoms. The van der Waals surface area contributed by atoms with Gasteiger partial charge in [-0.1, -0.05) is 12.1 Å². The highest BCUT2D eigenvalue weighted by Gasteiger charge is 1.91. The van der Waals surface area contributed by atoms with Gasteiger partial charge in [0.25, 0.3) is 0 Å². The van der Waals surface area contributed by atoms with Crippen LogP contribution in [0.3, 0.4) is 0 Å². The molecule has 0 saturated heterocycles. The van der Waals surface area contributed by atoms with E-state index in [1.54, 1.807) is 24.3 Å². The maximum absolute atomic E-state index is 10.0. The Morgan fingerprint density at radius 1 is 1.46 bits per heavy atom. The second-order valence-corrected chi connectivity index (χ2v) is 2.27. The molecule has 0 aliphatic carbocycles. The van der Waals surface area contributed by atoms with Gasteiger partial charge in [-0.2, -0.15) is 10.3 Å². The predicted octanol–water partition coefficient (Wildman–Crippen LogP) is 1.66. The van der Waals surface area contributed by atoms with E-state index in [4.69, 9.17) is 10.4 Å². The SMILES string of the molecule is N#Cc1ccc(C=NC(=O)O)cc1. The summed E-state index contributed by atoms with van der Waals surface area (Å²) in [6.45, 7) is 0. The van der Waals surface area contributed by atoms with Crippen molar-refractivity contribution < 1.29 is 9.90 Å². The van der Waals surface area contributed by atoms with E-state index < -0.39 is 6.09 Å². The largest absolute Gasteiger partial charge is 0.463 e. The molecule has 0 saturated carbocycles. The Bertz CT molecular complexity index is 374. The molecule has 0 bridgehead atoms. The molecule has 1 aromatic carbocycles. The first-order valence-electron chi connectivity index (χ1n) is 3.49. The Balaban J connectivity index is 2.82. The van der Waals surface area contributed by atoms with Crippen LogP contribution in [0.2, 0.25) is 0 Å². The Morgan fingerprint density at radius 3 is 2.54 bits per heavy atom. The van der Waals surface area contributed by atoms with E-state index in [2.05, 4.69) is 4.99 Å². The van der Waals surface area contributed by atoms with Crippen molar-refractivity contribution in [3.8, 4) is 6.07 Å². The molecule has 0 atom stereocenters. The van der Waals surface area contributed by atoms with E-state index in [-0.39, 0.29) is 0 Å². The summed E-state index contributed by atoms with van der Waals surface area (Å²) in [7, 11) is 0. The summed E-state index contributed by atoms with van der Waals surface area (Å²) in [4.78, 5) is 13.2. The third kappa shape index (κ3) is 2.75. The maximum Gasteiger partial charge on any atom is 0.431 e. The van der Waals surface area contributed by atoms with Gasteiger partial charge in [0.15, 0.2) is 0 Å². The number of benzene rings is 1. The zero-order valence-electron chi connectivity index (χ0n) is 6.64. The van der Waals surface area contributed by atoms with Crippen LogP contribution in [0.1, 0.15) is 11.1 Å². The van der Waals surface area contributed by atoms with Crippen LogP contribution in [0.5, 0.6) is 0 Å². The number of nitrogens with zero attached hydrogens (tertiary/aromatic N) is 2. The standard InChI is InChI=1S/C9H6N2O2/c10-5-7-1-3-8(4-2-7)6-11-9(12)13/h1-4,6H,(H,12,13). The summed E-state index contributed by atoms with van der Waals surface area (Å²) in [5.41, 5.74) is 1.19. The maximum atomic E-state index is 10.0. The Labute approximate surface area is 74.8 Å². The molecule has 0 aliphatic rings. The lowest BCUT2D eigenvalue weighted by Crippen LogP contribution is -1.88. The fourth-order valence-electron chi connectivity index (χ4n) is 0.773. The molecule has 0 radical (unpaired) electrons. The van der Waals surface area contributed by atoms with Crippen molar-refractivity contribution in [3.63, 3.8) is 0 Å². The molecule has 1 N–H and O–H groups in total. The first-order valence-corrected chi connectivity index (χ1v) is 3.49. The monoisotopic (exact) mass is 174 g/mol. The minimum absolute atomic E-state index is 0.535. The number of hydrogen-bond donors (Lipinski definition) is 1. The van der Waals surface area contributed by atoms with E-state index >= 15 is 0 Å². The van der Waals surface area contributed by atoms with Crippen LogP contribution >= 0.6 is 0 Å². The number of nitriles is 1. The van der Waals surface area contributed by atoms with Crippen LogP contribution in [0.25, 0.3) is 0 Å². The molecule has 4 heteroatoms. The number of carbonyl (C=O) groups is 1. The molecule has 0 aliphatic heterocycles. The number of aliphatic imine (C=N–C) groups is 1. The van der Waals surface area contributed by atoms with Crippen molar-refractivity contribution in [1.82, 2.24) is 0 Å². The van der Waals surface area contributed by atoms with Crippen molar-refractivity contribution in [2.24, 2.45) is 4.99 Å². The summed E-state index contributed by atoms with van der Waals surface area (Å²) in [6.07, 6.45) is -0.00639. The van der Waals surface area contributed by atoms with E-state index in [0.29, 0.717) is 11.1 Å². The summed E-state index contributed by atoms with van der Waals surface area (Å²) < 4.78 is 0. The van der Waals surface area contributed by atoms with Crippen LogP contribution in [0.4, 0.5) is 4.79 Å². The molecular weight excluding hydrogens is 168 g/mol. The minimum Gasteiger partial charge on any atom is -0.463 e. The lowest BCUT2D eigenvalue weighted by molar-refractivity contribution is 0.206. The highest BCUT2D eigenvalue weighted by Crippen LogP contribution is 2.00. The normalized spacial score (nSPS) is 9.77. The van der Waals surface area contributed by atoms with Gasteiger partial charge >= 0.3 is 6.09 Å². The summed E-state index contributed by atoms with van der Waals surface area (Å²) in [6, 6.07) is 8.42. The van der Waals surface area contributed by atoms with Crippen molar-refractivity contribution in [1.29, 1.82) is 5.26 Å². The van der Waals surface area contributed by atoms with Gasteiger partial charge in [-0.25, -0.2) is 4.79 Å². The van der Waals surface area contributed by atoms with Gasteiger partial charge in [-0.3, -0.25) is 0 Å². The lowest BCUT2D eigenvalue weighted by atomic mass is 10.2. The number of carboxylic acid groups (broad SMARTS) is 1. The molecule has 1 amide bonds. The van der Waals surface area contributed by atoms with E-state index in [1.807, 2.05) is 6.07 Å². The van der Waals surface area contributed by atoms with Crippen molar-refractivity contribution >= 4 is 12.3 Å². The van der Waals surface area contributed by atoms with Crippen molar-refractivity contribution in [2.75, 3.05) is 0 Å². The van der Waals surface area contributed by atoms with Gasteiger partial charge in [0, 0.05) is 6.21 Å². The second-order valence-electron chi connectivity index (χ2n) is 2.27. The molecular formula is C9H6N2O2. The first kappa shape index (κ1) is 8.94. The fourth-order valence-corrected chi connectivity index (χ4v) is 0.773. The smallest absolute Gasteiger partial charge is 0.431 e. The van der Waals surface area contributed by atoms with Crippen molar-refractivity contribution in [2.45, 2.75) is 0 Å². The molecule has 0 heterocycles. The molecule has 0 fully saturated rings. The first-order chi connectivity index (χ1) is 6.22. The van der Waals surface area contributed by atoms with Gasteiger partial charge in [0.05, 0.1) is 11.6 Å². The average molecular weight is 174 g/mol.